The van der Waals surface area contributed by atoms with Crippen LogP contribution < -0.4 is 0 Å². The number of epoxide rings is 1. The quantitative estimate of drug-likeness (QED) is 0.500. The summed E-state index contributed by atoms with van der Waals surface area (Å²) in [5, 5.41) is 18.3. The molecule has 0 saturated carbocycles. The van der Waals surface area contributed by atoms with Crippen molar-refractivity contribution in [3.63, 3.8) is 0 Å². The van der Waals surface area contributed by atoms with Crippen LogP contribution in [0.5, 0.6) is 0 Å². The minimum absolute atomic E-state index is 0.103. The van der Waals surface area contributed by atoms with Gasteiger partial charge in [0.25, 0.3) is 0 Å². The Labute approximate surface area is 69.8 Å². The highest BCUT2D eigenvalue weighted by atomic mass is 16.7. The van der Waals surface area contributed by atoms with Crippen LogP contribution >= 0.6 is 0 Å². The molecule has 5 nitrogen and oxygen atoms in total. The molecule has 0 spiro atoms. The molecule has 2 rings (SSSR count). The Bertz CT molecular complexity index is 173. The summed E-state index contributed by atoms with van der Waals surface area (Å²) in [6, 6.07) is 0. The van der Waals surface area contributed by atoms with Crippen LogP contribution in [0.15, 0.2) is 0 Å². The normalized spacial score (nSPS) is 51.8. The molecule has 0 bridgehead atoms. The number of hydrogen-bond donors (Lipinski definition) is 2. The van der Waals surface area contributed by atoms with Gasteiger partial charge in [-0.1, -0.05) is 0 Å². The van der Waals surface area contributed by atoms with Crippen molar-refractivity contribution in [3.8, 4) is 0 Å². The van der Waals surface area contributed by atoms with E-state index in [4.69, 9.17) is 19.3 Å². The second kappa shape index (κ2) is 2.93. The summed E-state index contributed by atoms with van der Waals surface area (Å²) >= 11 is 0. The van der Waals surface area contributed by atoms with Crippen molar-refractivity contribution in [3.05, 3.63) is 0 Å². The summed E-state index contributed by atoms with van der Waals surface area (Å²) in [4.78, 5) is 0. The first kappa shape index (κ1) is 8.40. The molecule has 2 N–H and O–H groups in total. The number of hydrogen-bond acceptors (Lipinski definition) is 5. The van der Waals surface area contributed by atoms with Gasteiger partial charge in [-0.2, -0.15) is 0 Å². The Morgan fingerprint density at radius 1 is 1.33 bits per heavy atom. The number of fused-ring (bicyclic) bond motifs is 1. The predicted molar refractivity (Wildman–Crippen MR) is 37.4 cm³/mol. The van der Waals surface area contributed by atoms with Crippen LogP contribution in [0.25, 0.3) is 0 Å². The zero-order valence-electron chi connectivity index (χ0n) is 6.71. The first-order chi connectivity index (χ1) is 5.77. The smallest absolute Gasteiger partial charge is 0.186 e. The molecule has 0 aromatic carbocycles. The van der Waals surface area contributed by atoms with Gasteiger partial charge in [0, 0.05) is 7.11 Å². The molecule has 5 heteroatoms. The second-order valence-corrected chi connectivity index (χ2v) is 3.02. The number of ether oxygens (including phenoxy) is 3. The van der Waals surface area contributed by atoms with Gasteiger partial charge in [0.1, 0.15) is 24.4 Å². The average molecular weight is 176 g/mol. The zero-order valence-corrected chi connectivity index (χ0v) is 6.71. The molecule has 2 aliphatic rings. The first-order valence-corrected chi connectivity index (χ1v) is 3.90. The molecule has 70 valence electrons. The summed E-state index contributed by atoms with van der Waals surface area (Å²) in [5.74, 6) is 0. The molecular formula is C7H12O5. The number of aliphatic hydroxyl groups is 2. The molecular weight excluding hydrogens is 164 g/mol. The zero-order chi connectivity index (χ0) is 8.72. The lowest BCUT2D eigenvalue weighted by molar-refractivity contribution is -0.223. The summed E-state index contributed by atoms with van der Waals surface area (Å²) < 4.78 is 15.2. The Kier molecular flexibility index (Phi) is 2.05. The molecule has 12 heavy (non-hydrogen) atoms. The number of methoxy groups -OCH3 is 1. The van der Waals surface area contributed by atoms with Gasteiger partial charge in [0.15, 0.2) is 6.29 Å². The third-order valence-corrected chi connectivity index (χ3v) is 2.26. The van der Waals surface area contributed by atoms with Gasteiger partial charge in [-0.05, 0) is 0 Å². The Morgan fingerprint density at radius 3 is 2.67 bits per heavy atom. The topological polar surface area (TPSA) is 71.5 Å². The highest BCUT2D eigenvalue weighted by Gasteiger charge is 2.57. The number of rotatable bonds is 2. The Hall–Kier alpha value is -0.200. The monoisotopic (exact) mass is 176 g/mol. The second-order valence-electron chi connectivity index (χ2n) is 3.02. The largest absolute Gasteiger partial charge is 0.394 e. The molecule has 2 fully saturated rings. The lowest BCUT2D eigenvalue weighted by atomic mass is 10.1. The van der Waals surface area contributed by atoms with E-state index in [1.54, 1.807) is 0 Å². The van der Waals surface area contributed by atoms with Gasteiger partial charge in [0.2, 0.25) is 0 Å². The summed E-state index contributed by atoms with van der Waals surface area (Å²) in [6.45, 7) is -0.103. The van der Waals surface area contributed by atoms with Crippen LogP contribution in [0.3, 0.4) is 0 Å². The summed E-state index contributed by atoms with van der Waals surface area (Å²) in [5.41, 5.74) is 0. The minimum atomic E-state index is -0.734. The van der Waals surface area contributed by atoms with Crippen LogP contribution in [0.1, 0.15) is 0 Å². The highest BCUT2D eigenvalue weighted by Crippen LogP contribution is 2.37. The molecule has 0 aliphatic carbocycles. The summed E-state index contributed by atoms with van der Waals surface area (Å²) in [7, 11) is 1.45. The standard InChI is InChI=1S/C7H12O5/c1-10-7-4(9)6-5(12-6)3(2-8)11-7/h3-9H,2H2,1H3/t3-,4-,5-,6+,7-/m1/s1. The van der Waals surface area contributed by atoms with Crippen LogP contribution in [0, 0.1) is 0 Å². The van der Waals surface area contributed by atoms with Crippen molar-refractivity contribution >= 4 is 0 Å². The Balaban J connectivity index is 2.01. The van der Waals surface area contributed by atoms with Gasteiger partial charge in [-0.25, -0.2) is 0 Å². The first-order valence-electron chi connectivity index (χ1n) is 3.90. The molecule has 2 aliphatic heterocycles. The van der Waals surface area contributed by atoms with Gasteiger partial charge >= 0.3 is 0 Å². The van der Waals surface area contributed by atoms with Crippen LogP contribution in [0.4, 0.5) is 0 Å². The van der Waals surface area contributed by atoms with E-state index < -0.39 is 12.4 Å². The fraction of sp³-hybridized carbons (Fsp3) is 1.00. The van der Waals surface area contributed by atoms with Crippen LogP contribution in [-0.2, 0) is 14.2 Å². The van der Waals surface area contributed by atoms with E-state index >= 15 is 0 Å². The van der Waals surface area contributed by atoms with Crippen molar-refractivity contribution in [2.24, 2.45) is 0 Å². The lowest BCUT2D eigenvalue weighted by Gasteiger charge is -2.28. The highest BCUT2D eigenvalue weighted by molar-refractivity contribution is 5.01. The molecule has 0 unspecified atom stereocenters. The third kappa shape index (κ3) is 1.14. The van der Waals surface area contributed by atoms with Gasteiger partial charge in [0.05, 0.1) is 6.61 Å². The Morgan fingerprint density at radius 2 is 2.08 bits per heavy atom. The van der Waals surface area contributed by atoms with E-state index in [1.165, 1.54) is 7.11 Å². The van der Waals surface area contributed by atoms with Gasteiger partial charge < -0.3 is 24.4 Å². The van der Waals surface area contributed by atoms with Crippen molar-refractivity contribution < 1.29 is 24.4 Å². The van der Waals surface area contributed by atoms with Gasteiger partial charge in [-0.3, -0.25) is 0 Å². The van der Waals surface area contributed by atoms with E-state index in [2.05, 4.69) is 0 Å². The van der Waals surface area contributed by atoms with Crippen LogP contribution in [-0.4, -0.2) is 54.6 Å². The molecule has 0 radical (unpaired) electrons. The number of aliphatic hydroxyl groups excluding tert-OH is 2. The predicted octanol–water partition coefficient (Wildman–Crippen LogP) is -1.52. The van der Waals surface area contributed by atoms with E-state index in [9.17, 15) is 5.11 Å². The fourth-order valence-electron chi connectivity index (χ4n) is 1.54. The fourth-order valence-corrected chi connectivity index (χ4v) is 1.54. The van der Waals surface area contributed by atoms with Crippen molar-refractivity contribution in [2.45, 2.75) is 30.7 Å². The molecule has 5 atom stereocenters. The van der Waals surface area contributed by atoms with E-state index in [1.807, 2.05) is 0 Å². The molecule has 0 aromatic rings. The van der Waals surface area contributed by atoms with E-state index in [0.29, 0.717) is 0 Å². The lowest BCUT2D eigenvalue weighted by Crippen LogP contribution is -2.47. The van der Waals surface area contributed by atoms with Crippen molar-refractivity contribution in [2.75, 3.05) is 13.7 Å². The maximum atomic E-state index is 9.44. The summed E-state index contributed by atoms with van der Waals surface area (Å²) in [6.07, 6.45) is -2.14. The van der Waals surface area contributed by atoms with E-state index in [-0.39, 0.29) is 24.9 Å². The van der Waals surface area contributed by atoms with Crippen molar-refractivity contribution in [1.82, 2.24) is 0 Å². The SMILES string of the molecule is CO[C@@H]1O[C@H](CO)[C@H]2O[C@H]2[C@H]1O. The maximum Gasteiger partial charge on any atom is 0.186 e. The third-order valence-electron chi connectivity index (χ3n) is 2.26. The van der Waals surface area contributed by atoms with Gasteiger partial charge in [-0.15, -0.1) is 0 Å². The molecule has 0 aromatic heterocycles. The maximum absolute atomic E-state index is 9.44. The molecule has 0 amide bonds. The van der Waals surface area contributed by atoms with Crippen LogP contribution in [0.2, 0.25) is 0 Å². The van der Waals surface area contributed by atoms with E-state index in [0.717, 1.165) is 0 Å². The van der Waals surface area contributed by atoms with Crippen molar-refractivity contribution in [1.29, 1.82) is 0 Å². The molecule has 2 heterocycles. The average Bonchev–Trinajstić information content (AvgIpc) is 2.85. The minimum Gasteiger partial charge on any atom is -0.394 e. The molecule has 2 saturated heterocycles.